The predicted molar refractivity (Wildman–Crippen MR) is 93.7 cm³/mol. The molecule has 3 rings (SSSR count). The highest BCUT2D eigenvalue weighted by atomic mass is 19.1. The summed E-state index contributed by atoms with van der Waals surface area (Å²) in [6, 6.07) is 5.99. The van der Waals surface area contributed by atoms with Gasteiger partial charge in [0.15, 0.2) is 0 Å². The fraction of sp³-hybridized carbons (Fsp3) is 0.579. The zero-order chi connectivity index (χ0) is 17.8. The highest BCUT2D eigenvalue weighted by molar-refractivity contribution is 5.94. The van der Waals surface area contributed by atoms with E-state index in [0.717, 1.165) is 25.8 Å². The Morgan fingerprint density at radius 1 is 1.12 bits per heavy atom. The highest BCUT2D eigenvalue weighted by Crippen LogP contribution is 2.20. The number of benzene rings is 1. The van der Waals surface area contributed by atoms with E-state index in [1.165, 1.54) is 12.1 Å². The maximum atomic E-state index is 13.4. The zero-order valence-electron chi connectivity index (χ0n) is 14.7. The van der Waals surface area contributed by atoms with Gasteiger partial charge in [-0.2, -0.15) is 0 Å². The number of amides is 2. The first-order chi connectivity index (χ1) is 12.1. The Labute approximate surface area is 148 Å². The van der Waals surface area contributed by atoms with E-state index >= 15 is 0 Å². The molecule has 2 atom stereocenters. The van der Waals surface area contributed by atoms with Gasteiger partial charge in [0.2, 0.25) is 5.91 Å². The van der Waals surface area contributed by atoms with Gasteiger partial charge in [-0.1, -0.05) is 6.07 Å². The third kappa shape index (κ3) is 4.18. The average molecular weight is 347 g/mol. The van der Waals surface area contributed by atoms with Gasteiger partial charge < -0.3 is 15.1 Å². The predicted octanol–water partition coefficient (Wildman–Crippen LogP) is 1.89. The summed E-state index contributed by atoms with van der Waals surface area (Å²) in [6.45, 7) is 5.35. The number of piperidine rings is 1. The summed E-state index contributed by atoms with van der Waals surface area (Å²) >= 11 is 0. The summed E-state index contributed by atoms with van der Waals surface area (Å²) in [5.74, 6) is -0.350. The maximum absolute atomic E-state index is 13.4. The Balaban J connectivity index is 1.62. The molecular weight excluding hydrogens is 321 g/mol. The second-order valence-electron chi connectivity index (χ2n) is 6.97. The van der Waals surface area contributed by atoms with E-state index in [4.69, 9.17) is 0 Å². The van der Waals surface area contributed by atoms with Gasteiger partial charge in [0.1, 0.15) is 5.82 Å². The average Bonchev–Trinajstić information content (AvgIpc) is 2.87. The molecule has 2 aliphatic heterocycles. The number of nitrogens with zero attached hydrogens (tertiary/aromatic N) is 2. The van der Waals surface area contributed by atoms with Crippen LogP contribution < -0.4 is 5.32 Å². The standard InChI is InChI=1S/C19H26FN3O2/c1-14-17(7-3-8-21-14)19(25)23-10-4-9-22(11-12-23)18(24)15-5-2-6-16(20)13-15/h2,5-6,13-14,17,21H,3-4,7-12H2,1H3. The molecule has 136 valence electrons. The van der Waals surface area contributed by atoms with Crippen LogP contribution in [0.3, 0.4) is 0 Å². The van der Waals surface area contributed by atoms with E-state index in [1.807, 2.05) is 4.90 Å². The van der Waals surface area contributed by atoms with E-state index in [1.54, 1.807) is 17.0 Å². The molecule has 5 nitrogen and oxygen atoms in total. The van der Waals surface area contributed by atoms with Gasteiger partial charge in [-0.25, -0.2) is 4.39 Å². The van der Waals surface area contributed by atoms with E-state index in [-0.39, 0.29) is 23.8 Å². The van der Waals surface area contributed by atoms with Crippen LogP contribution in [0.4, 0.5) is 4.39 Å². The lowest BCUT2D eigenvalue weighted by molar-refractivity contribution is -0.137. The minimum atomic E-state index is -0.406. The molecule has 0 saturated carbocycles. The number of halogens is 1. The molecule has 1 N–H and O–H groups in total. The van der Waals surface area contributed by atoms with Crippen molar-refractivity contribution in [1.82, 2.24) is 15.1 Å². The van der Waals surface area contributed by atoms with Gasteiger partial charge in [0.25, 0.3) is 5.91 Å². The van der Waals surface area contributed by atoms with Crippen LogP contribution in [0.2, 0.25) is 0 Å². The molecule has 0 bridgehead atoms. The lowest BCUT2D eigenvalue weighted by atomic mass is 9.90. The van der Waals surface area contributed by atoms with Crippen molar-refractivity contribution in [2.45, 2.75) is 32.2 Å². The molecule has 25 heavy (non-hydrogen) atoms. The first-order valence-corrected chi connectivity index (χ1v) is 9.13. The maximum Gasteiger partial charge on any atom is 0.254 e. The molecule has 0 aromatic heterocycles. The molecule has 2 unspecified atom stereocenters. The summed E-state index contributed by atoms with van der Waals surface area (Å²) in [6.07, 6.45) is 2.70. The minimum absolute atomic E-state index is 0.0271. The van der Waals surface area contributed by atoms with Crippen molar-refractivity contribution < 1.29 is 14.0 Å². The molecule has 0 spiro atoms. The van der Waals surface area contributed by atoms with Crippen LogP contribution in [0, 0.1) is 11.7 Å². The molecule has 1 aromatic carbocycles. The first-order valence-electron chi connectivity index (χ1n) is 9.13. The number of hydrogen-bond acceptors (Lipinski definition) is 3. The third-order valence-corrected chi connectivity index (χ3v) is 5.25. The molecule has 0 radical (unpaired) electrons. The number of carbonyl (C=O) groups is 2. The van der Waals surface area contributed by atoms with Crippen molar-refractivity contribution in [1.29, 1.82) is 0 Å². The zero-order valence-corrected chi connectivity index (χ0v) is 14.7. The minimum Gasteiger partial charge on any atom is -0.341 e. The molecule has 2 fully saturated rings. The van der Waals surface area contributed by atoms with Crippen LogP contribution in [0.1, 0.15) is 36.5 Å². The van der Waals surface area contributed by atoms with Crippen LogP contribution in [0.25, 0.3) is 0 Å². The number of rotatable bonds is 2. The largest absolute Gasteiger partial charge is 0.341 e. The number of nitrogens with one attached hydrogen (secondary N) is 1. The second kappa shape index (κ2) is 7.95. The topological polar surface area (TPSA) is 52.7 Å². The van der Waals surface area contributed by atoms with Crippen molar-refractivity contribution in [3.8, 4) is 0 Å². The lowest BCUT2D eigenvalue weighted by Crippen LogP contribution is -2.49. The van der Waals surface area contributed by atoms with Gasteiger partial charge in [0, 0.05) is 37.8 Å². The first kappa shape index (κ1) is 17.9. The molecule has 1 aromatic rings. The lowest BCUT2D eigenvalue weighted by Gasteiger charge is -2.33. The Hall–Kier alpha value is -1.95. The Bertz CT molecular complexity index is 637. The quantitative estimate of drug-likeness (QED) is 0.889. The fourth-order valence-corrected chi connectivity index (χ4v) is 3.76. The fourth-order valence-electron chi connectivity index (χ4n) is 3.76. The number of hydrogen-bond donors (Lipinski definition) is 1. The number of carbonyl (C=O) groups excluding carboxylic acids is 2. The van der Waals surface area contributed by atoms with Crippen LogP contribution >= 0.6 is 0 Å². The van der Waals surface area contributed by atoms with E-state index in [2.05, 4.69) is 12.2 Å². The van der Waals surface area contributed by atoms with Crippen molar-refractivity contribution in [3.05, 3.63) is 35.6 Å². The molecule has 2 aliphatic rings. The Morgan fingerprint density at radius 3 is 2.64 bits per heavy atom. The van der Waals surface area contributed by atoms with Crippen molar-refractivity contribution in [3.63, 3.8) is 0 Å². The van der Waals surface area contributed by atoms with Crippen molar-refractivity contribution in [2.75, 3.05) is 32.7 Å². The third-order valence-electron chi connectivity index (χ3n) is 5.25. The highest BCUT2D eigenvalue weighted by Gasteiger charge is 2.32. The van der Waals surface area contributed by atoms with Crippen LogP contribution in [0.5, 0.6) is 0 Å². The smallest absolute Gasteiger partial charge is 0.254 e. The van der Waals surface area contributed by atoms with Gasteiger partial charge in [-0.15, -0.1) is 0 Å². The van der Waals surface area contributed by atoms with E-state index in [0.29, 0.717) is 31.7 Å². The van der Waals surface area contributed by atoms with Crippen molar-refractivity contribution >= 4 is 11.8 Å². The van der Waals surface area contributed by atoms with Crippen molar-refractivity contribution in [2.24, 2.45) is 5.92 Å². The summed E-state index contributed by atoms with van der Waals surface area (Å²) in [4.78, 5) is 29.0. The van der Waals surface area contributed by atoms with Crippen LogP contribution in [-0.2, 0) is 4.79 Å². The van der Waals surface area contributed by atoms with Gasteiger partial charge in [-0.05, 0) is 50.9 Å². The Morgan fingerprint density at radius 2 is 1.88 bits per heavy atom. The van der Waals surface area contributed by atoms with E-state index in [9.17, 15) is 14.0 Å². The normalized spacial score (nSPS) is 24.7. The summed E-state index contributed by atoms with van der Waals surface area (Å²) in [7, 11) is 0. The SMILES string of the molecule is CC1NCCCC1C(=O)N1CCCN(C(=O)c2cccc(F)c2)CC1. The molecular formula is C19H26FN3O2. The van der Waals surface area contributed by atoms with Crippen LogP contribution in [-0.4, -0.2) is 60.4 Å². The summed E-state index contributed by atoms with van der Waals surface area (Å²) in [5.41, 5.74) is 0.366. The molecule has 2 amide bonds. The molecule has 2 saturated heterocycles. The summed E-state index contributed by atoms with van der Waals surface area (Å²) < 4.78 is 13.4. The van der Waals surface area contributed by atoms with Gasteiger partial charge in [-0.3, -0.25) is 9.59 Å². The molecule has 6 heteroatoms. The molecule has 2 heterocycles. The van der Waals surface area contributed by atoms with Gasteiger partial charge >= 0.3 is 0 Å². The Kier molecular flexibility index (Phi) is 5.68. The monoisotopic (exact) mass is 347 g/mol. The summed E-state index contributed by atoms with van der Waals surface area (Å²) in [5, 5.41) is 3.37. The van der Waals surface area contributed by atoms with E-state index < -0.39 is 5.82 Å². The van der Waals surface area contributed by atoms with Crippen LogP contribution in [0.15, 0.2) is 24.3 Å². The van der Waals surface area contributed by atoms with Gasteiger partial charge in [0.05, 0.1) is 5.92 Å². The second-order valence-corrected chi connectivity index (χ2v) is 6.97. The molecule has 0 aliphatic carbocycles.